The van der Waals surface area contributed by atoms with Gasteiger partial charge in [-0.1, -0.05) is 55.9 Å². The molecule has 4 rings (SSSR count). The highest BCUT2D eigenvalue weighted by atomic mass is 16.7. The fourth-order valence-electron chi connectivity index (χ4n) is 5.71. The Morgan fingerprint density at radius 2 is 1.54 bits per heavy atom. The predicted octanol–water partition coefficient (Wildman–Crippen LogP) is 0.534. The van der Waals surface area contributed by atoms with Crippen molar-refractivity contribution in [1.29, 1.82) is 0 Å². The van der Waals surface area contributed by atoms with Crippen molar-refractivity contribution in [3.05, 3.63) is 36.0 Å². The monoisotopic (exact) mass is 677 g/mol. The molecule has 0 spiro atoms. The van der Waals surface area contributed by atoms with E-state index in [4.69, 9.17) is 18.9 Å². The third-order valence-corrected chi connectivity index (χ3v) is 8.53. The third-order valence-electron chi connectivity index (χ3n) is 8.53. The number of hydrogen-bond acceptors (Lipinski definition) is 12. The van der Waals surface area contributed by atoms with Gasteiger partial charge in [0.25, 0.3) is 5.91 Å². The van der Waals surface area contributed by atoms with Crippen LogP contribution in [0.25, 0.3) is 11.3 Å². The molecule has 1 saturated heterocycles. The summed E-state index contributed by atoms with van der Waals surface area (Å²) in [6.45, 7) is 1.49. The lowest BCUT2D eigenvalue weighted by Gasteiger charge is -2.39. The molecule has 15 nitrogen and oxygen atoms in total. The molecule has 48 heavy (non-hydrogen) atoms. The fourth-order valence-corrected chi connectivity index (χ4v) is 5.71. The number of rotatable bonds is 17. The molecule has 5 atom stereocenters. The summed E-state index contributed by atoms with van der Waals surface area (Å²) in [5.41, 5.74) is 1.97. The standard InChI is InChI=1S/C33H51N5O10/c39-22-27-29(41)30(42)31(43)33(48-27)47-20-19-46-18-17-45-16-15-38-21-26(36-37-38)23-9-11-24(12-10-23)32(44)34-14-13-28(40)35-25-7-5-3-1-2-4-6-8-25/h9-12,21,25,27,29-31,33,39,41-43H,1-8,13-20,22H2,(H,34,44)(H,35,40)/t27-,29-,30+,31+,33?/m1/s1. The number of aliphatic hydroxyl groups is 4. The molecule has 1 aromatic heterocycles. The number of benzene rings is 1. The van der Waals surface area contributed by atoms with Gasteiger partial charge in [-0.15, -0.1) is 5.10 Å². The molecule has 2 heterocycles. The van der Waals surface area contributed by atoms with Crippen molar-refractivity contribution in [2.24, 2.45) is 0 Å². The number of carbonyl (C=O) groups is 2. The summed E-state index contributed by atoms with van der Waals surface area (Å²) in [6.07, 6.45) is 4.85. The van der Waals surface area contributed by atoms with Gasteiger partial charge in [-0.05, 0) is 25.0 Å². The molecular weight excluding hydrogens is 626 g/mol. The van der Waals surface area contributed by atoms with Crippen molar-refractivity contribution < 1.29 is 49.0 Å². The molecule has 2 aromatic rings. The molecule has 1 aliphatic carbocycles. The quantitative estimate of drug-likeness (QED) is 0.127. The van der Waals surface area contributed by atoms with Crippen LogP contribution in [-0.4, -0.2) is 130 Å². The maximum absolute atomic E-state index is 12.6. The molecule has 1 aromatic carbocycles. The number of amides is 2. The first-order valence-corrected chi connectivity index (χ1v) is 17.0. The van der Waals surface area contributed by atoms with Gasteiger partial charge in [0.1, 0.15) is 30.1 Å². The molecule has 1 aliphatic heterocycles. The van der Waals surface area contributed by atoms with E-state index in [1.165, 1.54) is 25.7 Å². The van der Waals surface area contributed by atoms with E-state index in [1.54, 1.807) is 23.0 Å². The third kappa shape index (κ3) is 12.1. The summed E-state index contributed by atoms with van der Waals surface area (Å²) in [4.78, 5) is 25.0. The van der Waals surface area contributed by atoms with Crippen LogP contribution in [0.15, 0.2) is 30.5 Å². The Labute approximate surface area is 280 Å². The highest BCUT2D eigenvalue weighted by Gasteiger charge is 2.43. The SMILES string of the molecule is O=C(CCNC(=O)c1ccc(-c2cn(CCOCCOCCOC3O[C@H](CO)[C@@H](O)[C@H](O)[C@@H]3O)nn2)cc1)NC1CCCCCCCC1. The number of carbonyl (C=O) groups excluding carboxylic acids is 2. The number of hydrogen-bond donors (Lipinski definition) is 6. The van der Waals surface area contributed by atoms with Crippen LogP contribution in [0.2, 0.25) is 0 Å². The number of aromatic nitrogens is 3. The zero-order valence-corrected chi connectivity index (χ0v) is 27.5. The molecule has 1 unspecified atom stereocenters. The lowest BCUT2D eigenvalue weighted by Crippen LogP contribution is -2.59. The zero-order chi connectivity index (χ0) is 34.1. The summed E-state index contributed by atoms with van der Waals surface area (Å²) >= 11 is 0. The van der Waals surface area contributed by atoms with Crippen molar-refractivity contribution >= 4 is 11.8 Å². The van der Waals surface area contributed by atoms with Crippen LogP contribution < -0.4 is 10.6 Å². The maximum Gasteiger partial charge on any atom is 0.251 e. The molecule has 1 saturated carbocycles. The van der Waals surface area contributed by atoms with Crippen molar-refractivity contribution in [2.45, 2.75) is 101 Å². The number of ether oxygens (including phenoxy) is 4. The smallest absolute Gasteiger partial charge is 0.251 e. The van der Waals surface area contributed by atoms with E-state index in [-0.39, 0.29) is 44.0 Å². The van der Waals surface area contributed by atoms with Crippen LogP contribution in [-0.2, 0) is 30.3 Å². The van der Waals surface area contributed by atoms with Crippen LogP contribution in [0, 0.1) is 0 Å². The number of aliphatic hydroxyl groups excluding tert-OH is 4. The lowest BCUT2D eigenvalue weighted by molar-refractivity contribution is -0.302. The van der Waals surface area contributed by atoms with Gasteiger partial charge in [0, 0.05) is 30.1 Å². The first-order chi connectivity index (χ1) is 23.4. The Balaban J connectivity index is 1.05. The van der Waals surface area contributed by atoms with Gasteiger partial charge in [0.2, 0.25) is 5.91 Å². The van der Waals surface area contributed by atoms with E-state index in [0.29, 0.717) is 37.6 Å². The van der Waals surface area contributed by atoms with E-state index in [1.807, 2.05) is 12.1 Å². The summed E-state index contributed by atoms with van der Waals surface area (Å²) in [7, 11) is 0. The van der Waals surface area contributed by atoms with Crippen LogP contribution in [0.3, 0.4) is 0 Å². The van der Waals surface area contributed by atoms with E-state index < -0.39 is 37.3 Å². The van der Waals surface area contributed by atoms with E-state index in [0.717, 1.165) is 31.2 Å². The van der Waals surface area contributed by atoms with Crippen LogP contribution >= 0.6 is 0 Å². The molecule has 6 N–H and O–H groups in total. The second kappa shape index (κ2) is 20.5. The Morgan fingerprint density at radius 1 is 0.875 bits per heavy atom. The van der Waals surface area contributed by atoms with Gasteiger partial charge in [-0.25, -0.2) is 4.68 Å². The second-order valence-corrected chi connectivity index (χ2v) is 12.2. The molecular formula is C33H51N5O10. The Hall–Kier alpha value is -3.02. The van der Waals surface area contributed by atoms with Gasteiger partial charge < -0.3 is 50.0 Å². The molecule has 2 amide bonds. The van der Waals surface area contributed by atoms with Gasteiger partial charge in [0.15, 0.2) is 6.29 Å². The number of nitrogens with zero attached hydrogens (tertiary/aromatic N) is 3. The topological polar surface area (TPSA) is 207 Å². The average Bonchev–Trinajstić information content (AvgIpc) is 3.61. The highest BCUT2D eigenvalue weighted by Crippen LogP contribution is 2.22. The lowest BCUT2D eigenvalue weighted by atomic mass is 9.99. The summed E-state index contributed by atoms with van der Waals surface area (Å²) in [5.74, 6) is -0.252. The predicted molar refractivity (Wildman–Crippen MR) is 173 cm³/mol. The average molecular weight is 678 g/mol. The first-order valence-electron chi connectivity index (χ1n) is 17.0. The second-order valence-electron chi connectivity index (χ2n) is 12.2. The van der Waals surface area contributed by atoms with E-state index >= 15 is 0 Å². The first kappa shape index (κ1) is 37.8. The van der Waals surface area contributed by atoms with Crippen molar-refractivity contribution in [3.8, 4) is 11.3 Å². The summed E-state index contributed by atoms with van der Waals surface area (Å²) < 4.78 is 23.3. The minimum atomic E-state index is -1.49. The van der Waals surface area contributed by atoms with Gasteiger partial charge >= 0.3 is 0 Å². The minimum Gasteiger partial charge on any atom is -0.394 e. The maximum atomic E-state index is 12.6. The molecule has 15 heteroatoms. The van der Waals surface area contributed by atoms with Crippen molar-refractivity contribution in [2.75, 3.05) is 46.2 Å². The Morgan fingerprint density at radius 3 is 2.25 bits per heavy atom. The summed E-state index contributed by atoms with van der Waals surface area (Å²) in [6, 6.07) is 7.29. The minimum absolute atomic E-state index is 0.0186. The Bertz CT molecular complexity index is 1220. The fraction of sp³-hybridized carbons (Fsp3) is 0.697. The normalized spacial score (nSPS) is 24.0. The van der Waals surface area contributed by atoms with Crippen LogP contribution in [0.4, 0.5) is 0 Å². The van der Waals surface area contributed by atoms with Gasteiger partial charge in [-0.2, -0.15) is 0 Å². The highest BCUT2D eigenvalue weighted by molar-refractivity contribution is 5.94. The van der Waals surface area contributed by atoms with Crippen LogP contribution in [0.5, 0.6) is 0 Å². The van der Waals surface area contributed by atoms with Gasteiger partial charge in [0.05, 0.1) is 52.4 Å². The van der Waals surface area contributed by atoms with Crippen LogP contribution in [0.1, 0.15) is 68.1 Å². The van der Waals surface area contributed by atoms with Gasteiger partial charge in [-0.3, -0.25) is 9.59 Å². The molecule has 2 fully saturated rings. The summed E-state index contributed by atoms with van der Waals surface area (Å²) in [5, 5.41) is 53.1. The van der Waals surface area contributed by atoms with Crippen molar-refractivity contribution in [1.82, 2.24) is 25.6 Å². The Kier molecular flexibility index (Phi) is 16.1. The zero-order valence-electron chi connectivity index (χ0n) is 27.5. The molecule has 0 bridgehead atoms. The van der Waals surface area contributed by atoms with Crippen molar-refractivity contribution in [3.63, 3.8) is 0 Å². The number of nitrogens with one attached hydrogen (secondary N) is 2. The van der Waals surface area contributed by atoms with E-state index in [2.05, 4.69) is 20.9 Å². The molecule has 0 radical (unpaired) electrons. The van der Waals surface area contributed by atoms with E-state index in [9.17, 15) is 30.0 Å². The molecule has 268 valence electrons. The molecule has 2 aliphatic rings. The largest absolute Gasteiger partial charge is 0.394 e.